The van der Waals surface area contributed by atoms with E-state index in [1.807, 2.05) is 24.1 Å². The molecule has 3 aliphatic rings. The fraction of sp³-hybridized carbons (Fsp3) is 0.750. The van der Waals surface area contributed by atoms with Crippen LogP contribution in [-0.4, -0.2) is 52.5 Å². The molecule has 0 radical (unpaired) electrons. The molecule has 0 aromatic carbocycles. The molecule has 4 atom stereocenters. The minimum absolute atomic E-state index is 0.501. The molecular formula is C16H25N5O. The average Bonchev–Trinajstić information content (AvgIpc) is 3.24. The van der Waals surface area contributed by atoms with Gasteiger partial charge in [0.15, 0.2) is 5.96 Å². The molecule has 0 spiro atoms. The number of aliphatic imine (C=N–C) groups is 1. The molecule has 3 aliphatic heterocycles. The van der Waals surface area contributed by atoms with Gasteiger partial charge in [-0.3, -0.25) is 4.68 Å². The van der Waals surface area contributed by atoms with Crippen LogP contribution in [0.1, 0.15) is 25.3 Å². The van der Waals surface area contributed by atoms with Gasteiger partial charge >= 0.3 is 0 Å². The van der Waals surface area contributed by atoms with Gasteiger partial charge in [0.2, 0.25) is 0 Å². The lowest BCUT2D eigenvalue weighted by Crippen LogP contribution is -2.41. The van der Waals surface area contributed by atoms with Gasteiger partial charge in [-0.05, 0) is 19.8 Å². The third-order valence-electron chi connectivity index (χ3n) is 5.26. The summed E-state index contributed by atoms with van der Waals surface area (Å²) in [6.07, 6.45) is 7.42. The summed E-state index contributed by atoms with van der Waals surface area (Å²) in [5.74, 6) is 2.46. The first kappa shape index (κ1) is 14.1. The zero-order valence-electron chi connectivity index (χ0n) is 13.4. The maximum absolute atomic E-state index is 6.06. The molecule has 22 heavy (non-hydrogen) atoms. The summed E-state index contributed by atoms with van der Waals surface area (Å²) in [5.41, 5.74) is 1.15. The van der Waals surface area contributed by atoms with E-state index in [2.05, 4.69) is 22.2 Å². The Balaban J connectivity index is 1.46. The van der Waals surface area contributed by atoms with E-state index in [4.69, 9.17) is 9.73 Å². The van der Waals surface area contributed by atoms with E-state index in [-0.39, 0.29) is 0 Å². The highest BCUT2D eigenvalue weighted by atomic mass is 16.5. The Morgan fingerprint density at radius 3 is 2.68 bits per heavy atom. The van der Waals surface area contributed by atoms with Gasteiger partial charge in [-0.25, -0.2) is 4.99 Å². The largest absolute Gasteiger partial charge is 0.374 e. The molecule has 2 bridgehead atoms. The second kappa shape index (κ2) is 5.57. The second-order valence-electron chi connectivity index (χ2n) is 6.72. The first-order valence-corrected chi connectivity index (χ1v) is 8.41. The van der Waals surface area contributed by atoms with Crippen molar-refractivity contribution < 1.29 is 4.74 Å². The average molecular weight is 303 g/mol. The quantitative estimate of drug-likeness (QED) is 0.668. The summed E-state index contributed by atoms with van der Waals surface area (Å²) in [6.45, 7) is 5.89. The minimum atomic E-state index is 0.501. The van der Waals surface area contributed by atoms with Crippen molar-refractivity contribution in [2.24, 2.45) is 23.9 Å². The molecule has 4 rings (SSSR count). The number of aromatic nitrogens is 2. The van der Waals surface area contributed by atoms with Gasteiger partial charge in [0.05, 0.1) is 24.9 Å². The van der Waals surface area contributed by atoms with Crippen molar-refractivity contribution in [2.75, 3.05) is 19.6 Å². The van der Waals surface area contributed by atoms with Crippen LogP contribution in [0.3, 0.4) is 0 Å². The maximum Gasteiger partial charge on any atom is 0.194 e. The van der Waals surface area contributed by atoms with Gasteiger partial charge in [-0.1, -0.05) is 0 Å². The number of nitrogens with zero attached hydrogens (tertiary/aromatic N) is 4. The van der Waals surface area contributed by atoms with E-state index in [0.717, 1.165) is 31.2 Å². The molecule has 1 aromatic rings. The molecule has 4 unspecified atom stereocenters. The van der Waals surface area contributed by atoms with Crippen LogP contribution in [-0.2, 0) is 18.3 Å². The predicted molar refractivity (Wildman–Crippen MR) is 84.5 cm³/mol. The minimum Gasteiger partial charge on any atom is -0.374 e. The Bertz CT molecular complexity index is 551. The number of rotatable bonds is 3. The van der Waals surface area contributed by atoms with Gasteiger partial charge in [-0.2, -0.15) is 5.10 Å². The zero-order valence-corrected chi connectivity index (χ0v) is 13.4. The summed E-state index contributed by atoms with van der Waals surface area (Å²) in [5, 5.41) is 7.66. The fourth-order valence-electron chi connectivity index (χ4n) is 4.28. The topological polar surface area (TPSA) is 54.7 Å². The lowest BCUT2D eigenvalue weighted by molar-refractivity contribution is 0.0767. The predicted octanol–water partition coefficient (Wildman–Crippen LogP) is 0.995. The van der Waals surface area contributed by atoms with Crippen LogP contribution in [0.15, 0.2) is 17.4 Å². The highest BCUT2D eigenvalue weighted by Crippen LogP contribution is 2.47. The van der Waals surface area contributed by atoms with Crippen molar-refractivity contribution in [1.29, 1.82) is 0 Å². The molecule has 0 saturated carbocycles. The summed E-state index contributed by atoms with van der Waals surface area (Å²) in [4.78, 5) is 7.25. The van der Waals surface area contributed by atoms with E-state index in [9.17, 15) is 0 Å². The van der Waals surface area contributed by atoms with E-state index in [0.29, 0.717) is 30.6 Å². The molecule has 4 heterocycles. The number of aryl methyl sites for hydroxylation is 1. The Morgan fingerprint density at radius 1 is 1.36 bits per heavy atom. The first-order chi connectivity index (χ1) is 10.7. The van der Waals surface area contributed by atoms with Crippen molar-refractivity contribution in [1.82, 2.24) is 20.0 Å². The molecule has 0 aliphatic carbocycles. The van der Waals surface area contributed by atoms with Crippen molar-refractivity contribution in [3.8, 4) is 0 Å². The molecular weight excluding hydrogens is 278 g/mol. The van der Waals surface area contributed by atoms with E-state index in [1.54, 1.807) is 0 Å². The molecule has 6 nitrogen and oxygen atoms in total. The van der Waals surface area contributed by atoms with Gasteiger partial charge in [0, 0.05) is 50.3 Å². The van der Waals surface area contributed by atoms with Gasteiger partial charge in [0.25, 0.3) is 0 Å². The van der Waals surface area contributed by atoms with Crippen LogP contribution in [0.2, 0.25) is 0 Å². The molecule has 0 amide bonds. The third kappa shape index (κ3) is 2.39. The smallest absolute Gasteiger partial charge is 0.194 e. The normalized spacial score (nSPS) is 33.5. The Hall–Kier alpha value is -1.56. The van der Waals surface area contributed by atoms with Crippen molar-refractivity contribution >= 4 is 5.96 Å². The first-order valence-electron chi connectivity index (χ1n) is 8.41. The van der Waals surface area contributed by atoms with Crippen molar-refractivity contribution in [2.45, 2.75) is 38.5 Å². The van der Waals surface area contributed by atoms with Gasteiger partial charge < -0.3 is 15.0 Å². The fourth-order valence-corrected chi connectivity index (χ4v) is 4.28. The summed E-state index contributed by atoms with van der Waals surface area (Å²) < 4.78 is 7.89. The van der Waals surface area contributed by atoms with E-state index in [1.165, 1.54) is 12.8 Å². The van der Waals surface area contributed by atoms with Gasteiger partial charge in [-0.15, -0.1) is 0 Å². The lowest BCUT2D eigenvalue weighted by atomic mass is 9.82. The molecule has 120 valence electrons. The molecule has 3 fully saturated rings. The van der Waals surface area contributed by atoms with Crippen LogP contribution >= 0.6 is 0 Å². The van der Waals surface area contributed by atoms with Gasteiger partial charge in [0.1, 0.15) is 0 Å². The number of fused-ring (bicyclic) bond motifs is 5. The van der Waals surface area contributed by atoms with Crippen LogP contribution in [0.5, 0.6) is 0 Å². The number of hydrogen-bond donors (Lipinski definition) is 1. The van der Waals surface area contributed by atoms with Crippen LogP contribution in [0, 0.1) is 11.8 Å². The molecule has 6 heteroatoms. The zero-order chi connectivity index (χ0) is 15.1. The number of ether oxygens (including phenoxy) is 1. The lowest BCUT2D eigenvalue weighted by Gasteiger charge is -2.23. The maximum atomic E-state index is 6.06. The van der Waals surface area contributed by atoms with Crippen molar-refractivity contribution in [3.63, 3.8) is 0 Å². The standard InChI is InChI=1S/C16H25N5O/c1-3-17-16(18-6-11-7-19-20(2)8-11)21-9-12-13(10-21)15-5-4-14(12)22-15/h7-8,12-15H,3-6,9-10H2,1-2H3,(H,17,18). The van der Waals surface area contributed by atoms with E-state index >= 15 is 0 Å². The number of guanidine groups is 1. The molecule has 1 aromatic heterocycles. The number of hydrogen-bond acceptors (Lipinski definition) is 3. The number of likely N-dealkylation sites (tertiary alicyclic amines) is 1. The van der Waals surface area contributed by atoms with E-state index < -0.39 is 0 Å². The molecule has 1 N–H and O–H groups in total. The highest BCUT2D eigenvalue weighted by Gasteiger charge is 2.53. The molecule has 3 saturated heterocycles. The Kier molecular flexibility index (Phi) is 3.56. The SMILES string of the molecule is CCNC(=NCc1cnn(C)c1)N1CC2C3CCC(O3)C2C1. The van der Waals surface area contributed by atoms with Crippen LogP contribution in [0.4, 0.5) is 0 Å². The van der Waals surface area contributed by atoms with Crippen molar-refractivity contribution in [3.05, 3.63) is 18.0 Å². The monoisotopic (exact) mass is 303 g/mol. The second-order valence-corrected chi connectivity index (χ2v) is 6.72. The number of nitrogens with one attached hydrogen (secondary N) is 1. The highest BCUT2D eigenvalue weighted by molar-refractivity contribution is 5.80. The van der Waals surface area contributed by atoms with Crippen LogP contribution < -0.4 is 5.32 Å². The Labute approximate surface area is 131 Å². The Morgan fingerprint density at radius 2 is 2.09 bits per heavy atom. The van der Waals surface area contributed by atoms with Crippen LogP contribution in [0.25, 0.3) is 0 Å². The summed E-state index contributed by atoms with van der Waals surface area (Å²) >= 11 is 0. The summed E-state index contributed by atoms with van der Waals surface area (Å²) in [6, 6.07) is 0. The third-order valence-corrected chi connectivity index (χ3v) is 5.26. The summed E-state index contributed by atoms with van der Waals surface area (Å²) in [7, 11) is 1.94.